The molecule has 1 aromatic carbocycles. The van der Waals surface area contributed by atoms with Gasteiger partial charge in [0.05, 0.1) is 22.1 Å². The maximum Gasteiger partial charge on any atom is 0.273 e. The lowest BCUT2D eigenvalue weighted by Gasteiger charge is -2.25. The van der Waals surface area contributed by atoms with Gasteiger partial charge in [0.2, 0.25) is 0 Å². The molecule has 110 valence electrons. The molecule has 2 rings (SSSR count). The number of anilines is 2. The summed E-state index contributed by atoms with van der Waals surface area (Å²) in [6, 6.07) is 4.26. The summed E-state index contributed by atoms with van der Waals surface area (Å²) in [7, 11) is -3.05. The van der Waals surface area contributed by atoms with Gasteiger partial charge in [0.1, 0.15) is 0 Å². The fourth-order valence-electron chi connectivity index (χ4n) is 2.33. The Kier molecular flexibility index (Phi) is 3.57. The van der Waals surface area contributed by atoms with Crippen LogP contribution in [-0.2, 0) is 9.84 Å². The minimum Gasteiger partial charge on any atom is -0.379 e. The molecule has 0 radical (unpaired) electrons. The Labute approximate surface area is 116 Å². The van der Waals surface area contributed by atoms with E-state index >= 15 is 0 Å². The van der Waals surface area contributed by atoms with Crippen molar-refractivity contribution in [2.75, 3.05) is 22.2 Å². The van der Waals surface area contributed by atoms with Crippen LogP contribution >= 0.6 is 0 Å². The van der Waals surface area contributed by atoms with Gasteiger partial charge in [0.15, 0.2) is 9.84 Å². The first kappa shape index (κ1) is 14.5. The van der Waals surface area contributed by atoms with Crippen LogP contribution in [0.3, 0.4) is 0 Å². The normalized spacial score (nSPS) is 24.3. The highest BCUT2D eigenvalue weighted by Gasteiger charge is 2.38. The smallest absolute Gasteiger partial charge is 0.273 e. The largest absolute Gasteiger partial charge is 0.379 e. The Morgan fingerprint density at radius 2 is 2.00 bits per heavy atom. The molecule has 1 aliphatic heterocycles. The summed E-state index contributed by atoms with van der Waals surface area (Å²) in [4.78, 5) is 10.3. The summed E-state index contributed by atoms with van der Waals surface area (Å²) in [5, 5.41) is 13.9. The summed E-state index contributed by atoms with van der Waals surface area (Å²) in [5.41, 5.74) is 2.46. The summed E-state index contributed by atoms with van der Waals surface area (Å²) in [5.74, 6) is 5.40. The zero-order chi connectivity index (χ0) is 15.0. The molecule has 0 spiro atoms. The molecule has 1 aliphatic rings. The van der Waals surface area contributed by atoms with Gasteiger partial charge in [-0.2, -0.15) is 0 Å². The Hall–Kier alpha value is -1.87. The standard InChI is InChI=1S/C11H16N4O4S/c1-11(2-3-20(18,19)7-11)13-8-4-9(14-12)6-10(5-8)15(16)17/h4-6,13-14H,2-3,7,12H2,1H3. The number of sulfone groups is 1. The number of non-ortho nitro benzene ring substituents is 1. The fourth-order valence-corrected chi connectivity index (χ4v) is 4.42. The molecular formula is C11H16N4O4S. The molecule has 1 saturated heterocycles. The van der Waals surface area contributed by atoms with Crippen LogP contribution in [0.15, 0.2) is 18.2 Å². The summed E-state index contributed by atoms with van der Waals surface area (Å²) >= 11 is 0. The van der Waals surface area contributed by atoms with Gasteiger partial charge in [0.25, 0.3) is 5.69 Å². The predicted molar refractivity (Wildman–Crippen MR) is 76.2 cm³/mol. The first-order valence-corrected chi connectivity index (χ1v) is 7.80. The highest BCUT2D eigenvalue weighted by molar-refractivity contribution is 7.91. The van der Waals surface area contributed by atoms with Crippen LogP contribution in [0.25, 0.3) is 0 Å². The van der Waals surface area contributed by atoms with E-state index < -0.39 is 20.3 Å². The fraction of sp³-hybridized carbons (Fsp3) is 0.455. The minimum absolute atomic E-state index is 0.00801. The highest BCUT2D eigenvalue weighted by Crippen LogP contribution is 2.30. The molecule has 1 heterocycles. The molecule has 0 aliphatic carbocycles. The van der Waals surface area contributed by atoms with Gasteiger partial charge < -0.3 is 10.7 Å². The lowest BCUT2D eigenvalue weighted by atomic mass is 10.0. The molecule has 4 N–H and O–H groups in total. The SMILES string of the molecule is CC1(Nc2cc(NN)cc([N+](=O)[O-])c2)CCS(=O)(=O)C1. The summed E-state index contributed by atoms with van der Waals surface area (Å²) in [6.07, 6.45) is 0.462. The Morgan fingerprint density at radius 3 is 2.50 bits per heavy atom. The van der Waals surface area contributed by atoms with Crippen LogP contribution in [0.4, 0.5) is 17.1 Å². The number of rotatable bonds is 4. The molecule has 0 aromatic heterocycles. The summed E-state index contributed by atoms with van der Waals surface area (Å²) < 4.78 is 23.1. The molecule has 8 nitrogen and oxygen atoms in total. The van der Waals surface area contributed by atoms with E-state index in [1.165, 1.54) is 12.1 Å². The van der Waals surface area contributed by atoms with E-state index in [0.29, 0.717) is 17.8 Å². The number of nitro benzene ring substituents is 1. The number of nitrogens with one attached hydrogen (secondary N) is 2. The van der Waals surface area contributed by atoms with E-state index in [4.69, 9.17) is 5.84 Å². The third-order valence-corrected chi connectivity index (χ3v) is 5.15. The Balaban J connectivity index is 2.29. The van der Waals surface area contributed by atoms with E-state index in [2.05, 4.69) is 10.7 Å². The topological polar surface area (TPSA) is 127 Å². The zero-order valence-electron chi connectivity index (χ0n) is 10.9. The van der Waals surface area contributed by atoms with Gasteiger partial charge in [-0.15, -0.1) is 0 Å². The first-order valence-electron chi connectivity index (χ1n) is 5.98. The van der Waals surface area contributed by atoms with Crippen molar-refractivity contribution in [3.8, 4) is 0 Å². The van der Waals surface area contributed by atoms with Crippen LogP contribution in [-0.4, -0.2) is 30.4 Å². The zero-order valence-corrected chi connectivity index (χ0v) is 11.7. The van der Waals surface area contributed by atoms with Crippen molar-refractivity contribution in [3.63, 3.8) is 0 Å². The third kappa shape index (κ3) is 3.17. The van der Waals surface area contributed by atoms with Crippen molar-refractivity contribution >= 4 is 26.9 Å². The van der Waals surface area contributed by atoms with E-state index in [1.54, 1.807) is 13.0 Å². The monoisotopic (exact) mass is 300 g/mol. The summed E-state index contributed by atoms with van der Waals surface area (Å²) in [6.45, 7) is 1.78. The van der Waals surface area contributed by atoms with E-state index in [9.17, 15) is 18.5 Å². The number of nitrogens with zero attached hydrogens (tertiary/aromatic N) is 1. The second kappa shape index (κ2) is 4.91. The van der Waals surface area contributed by atoms with Crippen molar-refractivity contribution in [3.05, 3.63) is 28.3 Å². The average Bonchev–Trinajstić information content (AvgIpc) is 2.62. The van der Waals surface area contributed by atoms with Gasteiger partial charge in [0, 0.05) is 23.4 Å². The van der Waals surface area contributed by atoms with E-state index in [0.717, 1.165) is 0 Å². The number of benzene rings is 1. The number of hydrazine groups is 1. The molecule has 1 aromatic rings. The van der Waals surface area contributed by atoms with Gasteiger partial charge in [-0.3, -0.25) is 16.0 Å². The van der Waals surface area contributed by atoms with Crippen LogP contribution in [0.1, 0.15) is 13.3 Å². The van der Waals surface area contributed by atoms with E-state index in [1.807, 2.05) is 0 Å². The van der Waals surface area contributed by atoms with Crippen LogP contribution < -0.4 is 16.6 Å². The number of nitrogens with two attached hydrogens (primary N) is 1. The van der Waals surface area contributed by atoms with Gasteiger partial charge in [-0.1, -0.05) is 0 Å². The lowest BCUT2D eigenvalue weighted by Crippen LogP contribution is -2.35. The lowest BCUT2D eigenvalue weighted by molar-refractivity contribution is -0.384. The van der Waals surface area contributed by atoms with Crippen LogP contribution in [0, 0.1) is 10.1 Å². The molecule has 0 saturated carbocycles. The van der Waals surface area contributed by atoms with Gasteiger partial charge in [-0.05, 0) is 19.4 Å². The highest BCUT2D eigenvalue weighted by atomic mass is 32.2. The molecule has 1 atom stereocenters. The first-order chi connectivity index (χ1) is 9.23. The van der Waals surface area contributed by atoms with Crippen molar-refractivity contribution < 1.29 is 13.3 Å². The molecular weight excluding hydrogens is 284 g/mol. The maximum absolute atomic E-state index is 11.6. The Bertz CT molecular complexity index is 646. The third-order valence-electron chi connectivity index (χ3n) is 3.24. The van der Waals surface area contributed by atoms with E-state index in [-0.39, 0.29) is 17.2 Å². The molecule has 1 unspecified atom stereocenters. The predicted octanol–water partition coefficient (Wildman–Crippen LogP) is 0.869. The number of nitro groups is 1. The quantitative estimate of drug-likeness (QED) is 0.427. The van der Waals surface area contributed by atoms with Gasteiger partial charge >= 0.3 is 0 Å². The van der Waals surface area contributed by atoms with Crippen molar-refractivity contribution in [1.82, 2.24) is 0 Å². The maximum atomic E-state index is 11.6. The molecule has 0 amide bonds. The molecule has 9 heteroatoms. The number of nitrogen functional groups attached to an aromatic ring is 1. The minimum atomic E-state index is -3.05. The van der Waals surface area contributed by atoms with Crippen LogP contribution in [0.2, 0.25) is 0 Å². The molecule has 1 fully saturated rings. The van der Waals surface area contributed by atoms with Crippen molar-refractivity contribution in [2.45, 2.75) is 18.9 Å². The second-order valence-corrected chi connectivity index (χ2v) is 7.38. The molecule has 20 heavy (non-hydrogen) atoms. The van der Waals surface area contributed by atoms with Crippen molar-refractivity contribution in [2.24, 2.45) is 5.84 Å². The average molecular weight is 300 g/mol. The van der Waals surface area contributed by atoms with Crippen LogP contribution in [0.5, 0.6) is 0 Å². The second-order valence-electron chi connectivity index (χ2n) is 5.20. The van der Waals surface area contributed by atoms with Gasteiger partial charge in [-0.25, -0.2) is 8.42 Å². The number of hydrogen-bond donors (Lipinski definition) is 3. The Morgan fingerprint density at radius 1 is 1.35 bits per heavy atom. The van der Waals surface area contributed by atoms with Crippen molar-refractivity contribution in [1.29, 1.82) is 0 Å². The molecule has 0 bridgehead atoms. The number of hydrogen-bond acceptors (Lipinski definition) is 7.